The lowest BCUT2D eigenvalue weighted by atomic mass is 10.2. The first kappa shape index (κ1) is 16.3. The average Bonchev–Trinajstić information content (AvgIpc) is 2.48. The monoisotopic (exact) mass is 325 g/mol. The van der Waals surface area contributed by atoms with E-state index in [1.54, 1.807) is 0 Å². The van der Waals surface area contributed by atoms with Crippen molar-refractivity contribution in [2.24, 2.45) is 0 Å². The van der Waals surface area contributed by atoms with E-state index >= 15 is 0 Å². The highest BCUT2D eigenvalue weighted by Gasteiger charge is 2.22. The molecule has 1 heterocycles. The van der Waals surface area contributed by atoms with E-state index in [1.165, 1.54) is 4.90 Å². The number of rotatable bonds is 6. The minimum absolute atomic E-state index is 0.172. The SMILES string of the molecule is O=C(CN1CCCNC1=O)NS(=O)(=O)CCc1ccccc1. The lowest BCUT2D eigenvalue weighted by Crippen LogP contribution is -2.50. The van der Waals surface area contributed by atoms with Crippen molar-refractivity contribution in [3.8, 4) is 0 Å². The van der Waals surface area contributed by atoms with Crippen molar-refractivity contribution in [1.29, 1.82) is 0 Å². The van der Waals surface area contributed by atoms with Crippen LogP contribution in [0, 0.1) is 0 Å². The number of hydrogen-bond donors (Lipinski definition) is 2. The number of nitrogens with zero attached hydrogens (tertiary/aromatic N) is 1. The number of sulfonamides is 1. The third-order valence-electron chi connectivity index (χ3n) is 3.27. The predicted molar refractivity (Wildman–Crippen MR) is 81.7 cm³/mol. The van der Waals surface area contributed by atoms with Crippen LogP contribution in [0.5, 0.6) is 0 Å². The van der Waals surface area contributed by atoms with Gasteiger partial charge in [0.25, 0.3) is 5.91 Å². The summed E-state index contributed by atoms with van der Waals surface area (Å²) in [5.74, 6) is -0.861. The summed E-state index contributed by atoms with van der Waals surface area (Å²) in [5.41, 5.74) is 0.885. The minimum Gasteiger partial charge on any atom is -0.338 e. The van der Waals surface area contributed by atoms with E-state index < -0.39 is 15.9 Å². The fourth-order valence-electron chi connectivity index (χ4n) is 2.16. The van der Waals surface area contributed by atoms with Crippen LogP contribution in [-0.2, 0) is 21.2 Å². The Morgan fingerprint density at radius 3 is 2.68 bits per heavy atom. The van der Waals surface area contributed by atoms with Gasteiger partial charge in [-0.1, -0.05) is 30.3 Å². The molecular weight excluding hydrogens is 306 g/mol. The van der Waals surface area contributed by atoms with Gasteiger partial charge in [0.2, 0.25) is 10.0 Å². The second-order valence-electron chi connectivity index (χ2n) is 5.09. The first-order chi connectivity index (χ1) is 10.5. The molecule has 0 unspecified atom stereocenters. The molecule has 3 amide bonds. The number of carbonyl (C=O) groups excluding carboxylic acids is 2. The van der Waals surface area contributed by atoms with E-state index in [2.05, 4.69) is 5.32 Å². The van der Waals surface area contributed by atoms with Gasteiger partial charge in [0.1, 0.15) is 6.54 Å². The molecule has 1 aliphatic heterocycles. The number of carbonyl (C=O) groups is 2. The van der Waals surface area contributed by atoms with Crippen molar-refractivity contribution < 1.29 is 18.0 Å². The van der Waals surface area contributed by atoms with Crippen molar-refractivity contribution in [3.63, 3.8) is 0 Å². The first-order valence-electron chi connectivity index (χ1n) is 7.06. The van der Waals surface area contributed by atoms with Crippen LogP contribution < -0.4 is 10.0 Å². The van der Waals surface area contributed by atoms with Gasteiger partial charge >= 0.3 is 6.03 Å². The average molecular weight is 325 g/mol. The zero-order chi connectivity index (χ0) is 16.0. The summed E-state index contributed by atoms with van der Waals surface area (Å²) in [7, 11) is -3.71. The quantitative estimate of drug-likeness (QED) is 0.775. The molecule has 1 aromatic rings. The molecule has 7 nitrogen and oxygen atoms in total. The smallest absolute Gasteiger partial charge is 0.317 e. The fourth-order valence-corrected chi connectivity index (χ4v) is 3.17. The van der Waals surface area contributed by atoms with Crippen LogP contribution in [0.25, 0.3) is 0 Å². The lowest BCUT2D eigenvalue weighted by molar-refractivity contribution is -0.120. The standard InChI is InChI=1S/C14H19N3O4S/c18-13(11-17-9-4-8-15-14(17)19)16-22(20,21)10-7-12-5-2-1-3-6-12/h1-3,5-6H,4,7-11H2,(H,15,19)(H,16,18). The van der Waals surface area contributed by atoms with E-state index in [-0.39, 0.29) is 18.3 Å². The molecule has 8 heteroatoms. The van der Waals surface area contributed by atoms with E-state index in [4.69, 9.17) is 0 Å². The van der Waals surface area contributed by atoms with Crippen molar-refractivity contribution in [3.05, 3.63) is 35.9 Å². The lowest BCUT2D eigenvalue weighted by Gasteiger charge is -2.26. The van der Waals surface area contributed by atoms with E-state index in [1.807, 2.05) is 35.1 Å². The maximum atomic E-state index is 11.9. The summed E-state index contributed by atoms with van der Waals surface area (Å²) in [4.78, 5) is 24.6. The second-order valence-corrected chi connectivity index (χ2v) is 6.93. The Morgan fingerprint density at radius 1 is 1.27 bits per heavy atom. The minimum atomic E-state index is -3.71. The summed E-state index contributed by atoms with van der Waals surface area (Å²) >= 11 is 0. The largest absolute Gasteiger partial charge is 0.338 e. The molecule has 2 N–H and O–H groups in total. The van der Waals surface area contributed by atoms with E-state index in [0.29, 0.717) is 19.5 Å². The Labute approximate surface area is 129 Å². The Bertz CT molecular complexity index is 631. The molecule has 1 aliphatic rings. The highest BCUT2D eigenvalue weighted by Crippen LogP contribution is 2.02. The highest BCUT2D eigenvalue weighted by molar-refractivity contribution is 7.90. The molecule has 0 bridgehead atoms. The first-order valence-corrected chi connectivity index (χ1v) is 8.71. The molecule has 1 saturated heterocycles. The zero-order valence-electron chi connectivity index (χ0n) is 12.1. The predicted octanol–water partition coefficient (Wildman–Crippen LogP) is 0.0904. The molecule has 1 aromatic carbocycles. The van der Waals surface area contributed by atoms with Gasteiger partial charge in [0, 0.05) is 13.1 Å². The Morgan fingerprint density at radius 2 is 2.00 bits per heavy atom. The summed E-state index contributed by atoms with van der Waals surface area (Å²) in [6.45, 7) is 0.770. The third kappa shape index (κ3) is 5.03. The molecule has 0 aromatic heterocycles. The number of amides is 3. The van der Waals surface area contributed by atoms with E-state index in [9.17, 15) is 18.0 Å². The Hall–Kier alpha value is -2.09. The van der Waals surface area contributed by atoms with Gasteiger partial charge in [0.05, 0.1) is 5.75 Å². The molecule has 0 aliphatic carbocycles. The third-order valence-corrected chi connectivity index (χ3v) is 4.55. The molecule has 2 rings (SSSR count). The molecule has 0 spiro atoms. The summed E-state index contributed by atoms with van der Waals surface area (Å²) < 4.78 is 25.8. The van der Waals surface area contributed by atoms with Crippen molar-refractivity contribution in [1.82, 2.24) is 14.9 Å². The van der Waals surface area contributed by atoms with Gasteiger partial charge in [-0.05, 0) is 18.4 Å². The Balaban J connectivity index is 1.83. The van der Waals surface area contributed by atoms with Gasteiger partial charge in [-0.3, -0.25) is 9.52 Å². The fraction of sp³-hybridized carbons (Fsp3) is 0.429. The number of hydrogen-bond acceptors (Lipinski definition) is 4. The van der Waals surface area contributed by atoms with Crippen LogP contribution in [0.4, 0.5) is 4.79 Å². The van der Waals surface area contributed by atoms with Crippen LogP contribution in [0.3, 0.4) is 0 Å². The summed E-state index contributed by atoms with van der Waals surface area (Å²) in [5, 5.41) is 2.60. The Kier molecular flexibility index (Phi) is 5.37. The van der Waals surface area contributed by atoms with Crippen molar-refractivity contribution >= 4 is 22.0 Å². The van der Waals surface area contributed by atoms with Gasteiger partial charge in [-0.2, -0.15) is 0 Å². The van der Waals surface area contributed by atoms with Crippen LogP contribution in [-0.4, -0.2) is 50.6 Å². The maximum Gasteiger partial charge on any atom is 0.317 e. The van der Waals surface area contributed by atoms with Gasteiger partial charge in [0.15, 0.2) is 0 Å². The van der Waals surface area contributed by atoms with Gasteiger partial charge < -0.3 is 10.2 Å². The van der Waals surface area contributed by atoms with E-state index in [0.717, 1.165) is 12.0 Å². The number of benzene rings is 1. The molecule has 120 valence electrons. The molecule has 22 heavy (non-hydrogen) atoms. The molecule has 1 fully saturated rings. The normalized spacial score (nSPS) is 15.3. The topological polar surface area (TPSA) is 95.6 Å². The molecular formula is C14H19N3O4S. The van der Waals surface area contributed by atoms with Crippen LogP contribution in [0.15, 0.2) is 30.3 Å². The highest BCUT2D eigenvalue weighted by atomic mass is 32.2. The summed E-state index contributed by atoms with van der Waals surface area (Å²) in [6.07, 6.45) is 1.06. The van der Waals surface area contributed by atoms with Gasteiger partial charge in [-0.15, -0.1) is 0 Å². The van der Waals surface area contributed by atoms with Crippen LogP contribution >= 0.6 is 0 Å². The number of urea groups is 1. The van der Waals surface area contributed by atoms with Crippen LogP contribution in [0.2, 0.25) is 0 Å². The number of aryl methyl sites for hydroxylation is 1. The summed E-state index contributed by atoms with van der Waals surface area (Å²) in [6, 6.07) is 8.82. The zero-order valence-corrected chi connectivity index (χ0v) is 12.9. The van der Waals surface area contributed by atoms with Crippen molar-refractivity contribution in [2.75, 3.05) is 25.4 Å². The molecule has 0 saturated carbocycles. The maximum absolute atomic E-state index is 11.9. The second kappa shape index (κ2) is 7.26. The van der Waals surface area contributed by atoms with Crippen molar-refractivity contribution in [2.45, 2.75) is 12.8 Å². The van der Waals surface area contributed by atoms with Gasteiger partial charge in [-0.25, -0.2) is 13.2 Å². The number of nitrogens with one attached hydrogen (secondary N) is 2. The van der Waals surface area contributed by atoms with Crippen LogP contribution in [0.1, 0.15) is 12.0 Å². The molecule has 0 radical (unpaired) electrons. The molecule has 0 atom stereocenters.